The summed E-state index contributed by atoms with van der Waals surface area (Å²) in [6.45, 7) is 2.25. The molecule has 0 saturated carbocycles. The molecule has 142 valence electrons. The van der Waals surface area contributed by atoms with Gasteiger partial charge in [0.2, 0.25) is 5.91 Å². The van der Waals surface area contributed by atoms with Crippen molar-refractivity contribution in [2.24, 2.45) is 0 Å². The number of likely N-dealkylation sites (tertiary alicyclic amines) is 1. The number of para-hydroxylation sites is 1. The van der Waals surface area contributed by atoms with Gasteiger partial charge in [0, 0.05) is 38.1 Å². The smallest absolute Gasteiger partial charge is 0.238 e. The zero-order chi connectivity index (χ0) is 19.0. The van der Waals surface area contributed by atoms with Crippen molar-refractivity contribution in [3.63, 3.8) is 0 Å². The second-order valence-electron chi connectivity index (χ2n) is 7.27. The molecule has 2 aromatic rings. The van der Waals surface area contributed by atoms with E-state index in [1.165, 1.54) is 0 Å². The number of rotatable bonds is 4. The number of benzene rings is 1. The van der Waals surface area contributed by atoms with E-state index < -0.39 is 5.41 Å². The fraction of sp³-hybridized carbons (Fsp3) is 0.429. The first-order chi connectivity index (χ1) is 13.1. The van der Waals surface area contributed by atoms with E-state index in [-0.39, 0.29) is 5.91 Å². The Labute approximate surface area is 159 Å². The summed E-state index contributed by atoms with van der Waals surface area (Å²) in [5, 5.41) is 0. The number of methoxy groups -OCH3 is 2. The zero-order valence-electron chi connectivity index (χ0n) is 16.1. The molecule has 1 fully saturated rings. The number of nitrogens with zero attached hydrogens (tertiary/aromatic N) is 3. The molecule has 1 amide bonds. The fourth-order valence-electron chi connectivity index (χ4n) is 4.57. The molecule has 6 heteroatoms. The highest BCUT2D eigenvalue weighted by Gasteiger charge is 2.51. The van der Waals surface area contributed by atoms with Gasteiger partial charge in [0.15, 0.2) is 11.5 Å². The van der Waals surface area contributed by atoms with Crippen LogP contribution in [0, 0.1) is 0 Å². The lowest BCUT2D eigenvalue weighted by Crippen LogP contribution is -2.51. The monoisotopic (exact) mass is 367 g/mol. The fourth-order valence-corrected chi connectivity index (χ4v) is 4.57. The minimum Gasteiger partial charge on any atom is -0.493 e. The van der Waals surface area contributed by atoms with Crippen molar-refractivity contribution < 1.29 is 14.3 Å². The second kappa shape index (κ2) is 6.85. The Morgan fingerprint density at radius 2 is 2.00 bits per heavy atom. The SMILES string of the molecule is COc1ccnc(CN2CCC[C@]3(C2)C(=O)N(C)c2ccccc23)c1OC. The number of carbonyl (C=O) groups excluding carboxylic acids is 1. The third-order valence-corrected chi connectivity index (χ3v) is 5.81. The van der Waals surface area contributed by atoms with Crippen molar-refractivity contribution in [1.82, 2.24) is 9.88 Å². The van der Waals surface area contributed by atoms with Crippen LogP contribution in [0.3, 0.4) is 0 Å². The van der Waals surface area contributed by atoms with Gasteiger partial charge in [0.1, 0.15) is 5.69 Å². The molecule has 1 aromatic carbocycles. The van der Waals surface area contributed by atoms with Crippen molar-refractivity contribution in [3.8, 4) is 11.5 Å². The molecule has 0 N–H and O–H groups in total. The predicted octanol–water partition coefficient (Wildman–Crippen LogP) is 2.61. The molecule has 1 spiro atoms. The number of fused-ring (bicyclic) bond motifs is 2. The van der Waals surface area contributed by atoms with Crippen molar-refractivity contribution in [2.45, 2.75) is 24.8 Å². The van der Waals surface area contributed by atoms with Crippen LogP contribution >= 0.6 is 0 Å². The van der Waals surface area contributed by atoms with Gasteiger partial charge in [-0.25, -0.2) is 0 Å². The van der Waals surface area contributed by atoms with Gasteiger partial charge in [0.25, 0.3) is 0 Å². The lowest BCUT2D eigenvalue weighted by atomic mass is 9.75. The first kappa shape index (κ1) is 17.8. The van der Waals surface area contributed by atoms with Gasteiger partial charge in [-0.05, 0) is 31.0 Å². The number of likely N-dealkylation sites (N-methyl/N-ethyl adjacent to an activating group) is 1. The Hall–Kier alpha value is -2.60. The predicted molar refractivity (Wildman–Crippen MR) is 103 cm³/mol. The summed E-state index contributed by atoms with van der Waals surface area (Å²) in [4.78, 5) is 21.8. The van der Waals surface area contributed by atoms with Gasteiger partial charge in [-0.1, -0.05) is 18.2 Å². The van der Waals surface area contributed by atoms with Crippen LogP contribution in [-0.4, -0.2) is 50.1 Å². The maximum absolute atomic E-state index is 13.2. The van der Waals surface area contributed by atoms with Crippen molar-refractivity contribution in [3.05, 3.63) is 47.8 Å². The van der Waals surface area contributed by atoms with Gasteiger partial charge in [0.05, 0.1) is 19.6 Å². The van der Waals surface area contributed by atoms with Crippen LogP contribution in [0.1, 0.15) is 24.1 Å². The molecule has 6 nitrogen and oxygen atoms in total. The van der Waals surface area contributed by atoms with Crippen molar-refractivity contribution in [1.29, 1.82) is 0 Å². The standard InChI is InChI=1S/C21H25N3O3/c1-23-17-8-5-4-7-15(17)21(20(23)25)10-6-12-24(14-21)13-16-19(27-3)18(26-2)9-11-22-16/h4-5,7-9,11H,6,10,12-14H2,1-3H3/t21-/m1/s1. The van der Waals surface area contributed by atoms with E-state index in [0.717, 1.165) is 36.3 Å². The Kier molecular flexibility index (Phi) is 4.52. The lowest BCUT2D eigenvalue weighted by molar-refractivity contribution is -0.125. The number of piperidine rings is 1. The largest absolute Gasteiger partial charge is 0.493 e. The highest BCUT2D eigenvalue weighted by atomic mass is 16.5. The van der Waals surface area contributed by atoms with Crippen molar-refractivity contribution >= 4 is 11.6 Å². The number of amides is 1. The number of carbonyl (C=O) groups is 1. The van der Waals surface area contributed by atoms with E-state index in [1.807, 2.05) is 30.1 Å². The highest BCUT2D eigenvalue weighted by Crippen LogP contribution is 2.46. The topological polar surface area (TPSA) is 54.9 Å². The van der Waals surface area contributed by atoms with Crippen LogP contribution in [0.2, 0.25) is 0 Å². The van der Waals surface area contributed by atoms with Crippen LogP contribution in [0.25, 0.3) is 0 Å². The minimum atomic E-state index is -0.463. The molecule has 0 radical (unpaired) electrons. The van der Waals surface area contributed by atoms with Crippen LogP contribution in [0.15, 0.2) is 36.5 Å². The maximum atomic E-state index is 13.2. The summed E-state index contributed by atoms with van der Waals surface area (Å²) < 4.78 is 10.9. The molecule has 3 heterocycles. The quantitative estimate of drug-likeness (QED) is 0.831. The van der Waals surface area contributed by atoms with Crippen LogP contribution < -0.4 is 14.4 Å². The Bertz CT molecular complexity index is 870. The number of aromatic nitrogens is 1. The van der Waals surface area contributed by atoms with Crippen LogP contribution in [-0.2, 0) is 16.8 Å². The second-order valence-corrected chi connectivity index (χ2v) is 7.27. The number of ether oxygens (including phenoxy) is 2. The van der Waals surface area contributed by atoms with Gasteiger partial charge in [-0.15, -0.1) is 0 Å². The third-order valence-electron chi connectivity index (χ3n) is 5.81. The molecule has 4 rings (SSSR count). The molecule has 2 aliphatic heterocycles. The Balaban J connectivity index is 1.64. The summed E-state index contributed by atoms with van der Waals surface area (Å²) >= 11 is 0. The van der Waals surface area contributed by atoms with Gasteiger partial charge in [-0.3, -0.25) is 14.7 Å². The molecule has 0 unspecified atom stereocenters. The molecular weight excluding hydrogens is 342 g/mol. The molecule has 0 aliphatic carbocycles. The summed E-state index contributed by atoms with van der Waals surface area (Å²) in [7, 11) is 5.13. The molecule has 1 atom stereocenters. The maximum Gasteiger partial charge on any atom is 0.238 e. The molecular formula is C21H25N3O3. The third kappa shape index (κ3) is 2.75. The summed E-state index contributed by atoms with van der Waals surface area (Å²) in [5.41, 5.74) is 2.55. The number of pyridine rings is 1. The number of hydrogen-bond donors (Lipinski definition) is 0. The normalized spacial score (nSPS) is 22.2. The molecule has 2 aliphatic rings. The first-order valence-corrected chi connectivity index (χ1v) is 9.26. The average Bonchev–Trinajstić information content (AvgIpc) is 2.90. The molecule has 1 saturated heterocycles. The Morgan fingerprint density at radius 3 is 2.78 bits per heavy atom. The van der Waals surface area contributed by atoms with E-state index in [4.69, 9.17) is 9.47 Å². The van der Waals surface area contributed by atoms with Gasteiger partial charge >= 0.3 is 0 Å². The van der Waals surface area contributed by atoms with Crippen LogP contribution in [0.4, 0.5) is 5.69 Å². The Morgan fingerprint density at radius 1 is 1.19 bits per heavy atom. The van der Waals surface area contributed by atoms with E-state index in [0.29, 0.717) is 24.6 Å². The summed E-state index contributed by atoms with van der Waals surface area (Å²) in [5.74, 6) is 1.53. The summed E-state index contributed by atoms with van der Waals surface area (Å²) in [6.07, 6.45) is 3.59. The van der Waals surface area contributed by atoms with Gasteiger partial charge < -0.3 is 14.4 Å². The number of hydrogen-bond acceptors (Lipinski definition) is 5. The molecule has 27 heavy (non-hydrogen) atoms. The highest BCUT2D eigenvalue weighted by molar-refractivity contribution is 6.08. The number of anilines is 1. The molecule has 0 bridgehead atoms. The van der Waals surface area contributed by atoms with Gasteiger partial charge in [-0.2, -0.15) is 0 Å². The van der Waals surface area contributed by atoms with E-state index in [2.05, 4.69) is 16.0 Å². The lowest BCUT2D eigenvalue weighted by Gasteiger charge is -2.39. The average molecular weight is 367 g/mol. The van der Waals surface area contributed by atoms with E-state index in [9.17, 15) is 4.79 Å². The van der Waals surface area contributed by atoms with E-state index >= 15 is 0 Å². The van der Waals surface area contributed by atoms with E-state index in [1.54, 1.807) is 26.5 Å². The van der Waals surface area contributed by atoms with Crippen LogP contribution in [0.5, 0.6) is 11.5 Å². The molecule has 1 aromatic heterocycles. The zero-order valence-corrected chi connectivity index (χ0v) is 16.1. The minimum absolute atomic E-state index is 0.193. The first-order valence-electron chi connectivity index (χ1n) is 9.26. The summed E-state index contributed by atoms with van der Waals surface area (Å²) in [6, 6.07) is 9.95. The van der Waals surface area contributed by atoms with Crippen molar-refractivity contribution in [2.75, 3.05) is 39.3 Å².